The Morgan fingerprint density at radius 1 is 0.973 bits per heavy atom. The van der Waals surface area contributed by atoms with Gasteiger partial charge in [0, 0.05) is 60.9 Å². The molecule has 7 rings (SSSR count). The summed E-state index contributed by atoms with van der Waals surface area (Å²) in [5.74, 6) is 2.24. The van der Waals surface area contributed by atoms with Crippen molar-refractivity contribution in [1.82, 2.24) is 29.2 Å². The van der Waals surface area contributed by atoms with Gasteiger partial charge in [0.05, 0.1) is 41.7 Å². The highest BCUT2D eigenvalue weighted by atomic mass is 16.5. The molecule has 192 valence electrons. The van der Waals surface area contributed by atoms with Crippen molar-refractivity contribution in [3.05, 3.63) is 66.4 Å². The molecule has 7 heteroatoms. The Morgan fingerprint density at radius 3 is 2.51 bits per heavy atom. The number of fused-ring (bicyclic) bond motifs is 2. The van der Waals surface area contributed by atoms with Gasteiger partial charge < -0.3 is 9.30 Å². The third-order valence-corrected chi connectivity index (χ3v) is 8.97. The van der Waals surface area contributed by atoms with E-state index in [2.05, 4.69) is 70.4 Å². The van der Waals surface area contributed by atoms with Crippen LogP contribution in [-0.4, -0.2) is 61.6 Å². The lowest BCUT2D eigenvalue weighted by atomic mass is 10.0. The summed E-state index contributed by atoms with van der Waals surface area (Å²) in [6.45, 7) is 10.7. The number of pyridine rings is 2. The number of rotatable bonds is 6. The van der Waals surface area contributed by atoms with Gasteiger partial charge >= 0.3 is 0 Å². The summed E-state index contributed by atoms with van der Waals surface area (Å²) in [7, 11) is 0. The SMILES string of the molecule is CC(C)n1nc(-c2cnc3ccn([C@@H](C)c4ccccn4)c3c2)cc1[C@H]1[C@@H]2C[C@@H](N3CCOCC3)C[C@@H]21. The second-order valence-electron chi connectivity index (χ2n) is 11.4. The highest BCUT2D eigenvalue weighted by Crippen LogP contribution is 2.64. The molecule has 7 nitrogen and oxygen atoms in total. The minimum absolute atomic E-state index is 0.129. The quantitative estimate of drug-likeness (QED) is 0.362. The number of aromatic nitrogens is 5. The van der Waals surface area contributed by atoms with Gasteiger partial charge in [-0.2, -0.15) is 5.10 Å². The highest BCUT2D eigenvalue weighted by molar-refractivity contribution is 5.81. The molecular weight excluding hydrogens is 460 g/mol. The molecule has 3 fully saturated rings. The molecule has 0 aromatic carbocycles. The number of morpholine rings is 1. The zero-order valence-electron chi connectivity index (χ0n) is 22.0. The maximum Gasteiger partial charge on any atom is 0.0942 e. The first-order chi connectivity index (χ1) is 18.1. The van der Waals surface area contributed by atoms with E-state index in [1.807, 2.05) is 24.5 Å². The van der Waals surface area contributed by atoms with Gasteiger partial charge in [0.1, 0.15) is 0 Å². The first kappa shape index (κ1) is 23.1. The minimum atomic E-state index is 0.129. The largest absolute Gasteiger partial charge is 0.379 e. The molecule has 5 heterocycles. The lowest BCUT2D eigenvalue weighted by molar-refractivity contribution is 0.0151. The van der Waals surface area contributed by atoms with Crippen molar-refractivity contribution in [3.8, 4) is 11.3 Å². The fraction of sp³-hybridized carbons (Fsp3) is 0.500. The average molecular weight is 497 g/mol. The third-order valence-electron chi connectivity index (χ3n) is 8.97. The molecule has 0 amide bonds. The first-order valence-corrected chi connectivity index (χ1v) is 13.9. The van der Waals surface area contributed by atoms with Crippen LogP contribution in [0.2, 0.25) is 0 Å². The summed E-state index contributed by atoms with van der Waals surface area (Å²) in [5.41, 5.74) is 6.70. The number of nitrogens with zero attached hydrogens (tertiary/aromatic N) is 6. The second-order valence-corrected chi connectivity index (χ2v) is 11.4. The van der Waals surface area contributed by atoms with E-state index in [-0.39, 0.29) is 6.04 Å². The van der Waals surface area contributed by atoms with Crippen molar-refractivity contribution in [2.75, 3.05) is 26.3 Å². The Hall–Kier alpha value is -3.03. The van der Waals surface area contributed by atoms with Crippen molar-refractivity contribution in [2.24, 2.45) is 11.8 Å². The molecule has 2 saturated carbocycles. The maximum absolute atomic E-state index is 5.58. The zero-order valence-corrected chi connectivity index (χ0v) is 22.0. The lowest BCUT2D eigenvalue weighted by Crippen LogP contribution is -2.43. The van der Waals surface area contributed by atoms with Gasteiger partial charge in [-0.05, 0) is 75.8 Å². The van der Waals surface area contributed by atoms with Gasteiger partial charge in [-0.3, -0.25) is 19.5 Å². The fourth-order valence-electron chi connectivity index (χ4n) is 6.98. The number of ether oxygens (including phenoxy) is 1. The molecule has 37 heavy (non-hydrogen) atoms. The van der Waals surface area contributed by atoms with Gasteiger partial charge in [0.2, 0.25) is 0 Å². The highest BCUT2D eigenvalue weighted by Gasteiger charge is 2.58. The van der Waals surface area contributed by atoms with E-state index in [4.69, 9.17) is 14.8 Å². The van der Waals surface area contributed by atoms with Crippen LogP contribution in [0.1, 0.15) is 63.0 Å². The van der Waals surface area contributed by atoms with E-state index in [0.29, 0.717) is 12.0 Å². The molecule has 1 saturated heterocycles. The Kier molecular flexibility index (Phi) is 5.66. The summed E-state index contributed by atoms with van der Waals surface area (Å²) in [6, 6.07) is 14.0. The van der Waals surface area contributed by atoms with E-state index in [0.717, 1.165) is 72.2 Å². The van der Waals surface area contributed by atoms with Crippen molar-refractivity contribution >= 4 is 11.0 Å². The molecule has 1 aliphatic heterocycles. The van der Waals surface area contributed by atoms with Gasteiger partial charge in [-0.15, -0.1) is 0 Å². The van der Waals surface area contributed by atoms with Crippen LogP contribution in [0.4, 0.5) is 0 Å². The third kappa shape index (κ3) is 3.99. The molecule has 5 atom stereocenters. The van der Waals surface area contributed by atoms with Crippen LogP contribution in [0.15, 0.2) is 55.0 Å². The van der Waals surface area contributed by atoms with Gasteiger partial charge in [0.15, 0.2) is 0 Å². The van der Waals surface area contributed by atoms with Crippen LogP contribution < -0.4 is 0 Å². The normalized spacial score (nSPS) is 26.6. The number of hydrogen-bond acceptors (Lipinski definition) is 5. The molecule has 0 spiro atoms. The van der Waals surface area contributed by atoms with Gasteiger partial charge in [0.25, 0.3) is 0 Å². The molecule has 0 unspecified atom stereocenters. The average Bonchev–Trinajstić information content (AvgIpc) is 3.36. The Labute approximate surface area is 218 Å². The first-order valence-electron chi connectivity index (χ1n) is 13.9. The molecule has 0 bridgehead atoms. The lowest BCUT2D eigenvalue weighted by Gasteiger charge is -2.33. The molecule has 3 aliphatic rings. The standard InChI is InChI=1S/C30H36N6O/c1-19(2)36-29(30-23-15-22(16-24(23)30)34-10-12-37-13-11-34)17-27(33-36)21-14-28-26(32-18-21)7-9-35(28)20(3)25-6-4-5-8-31-25/h4-9,14,17-20,22-24,30H,10-13,15-16H2,1-3H3/t20-,22-,23-,24+,30+/m0/s1. The van der Waals surface area contributed by atoms with Gasteiger partial charge in [-0.1, -0.05) is 6.07 Å². The summed E-state index contributed by atoms with van der Waals surface area (Å²) in [5, 5.41) is 5.13. The molecular formula is C30H36N6O. The van der Waals surface area contributed by atoms with Crippen LogP contribution in [0.3, 0.4) is 0 Å². The molecule has 0 radical (unpaired) electrons. The topological polar surface area (TPSA) is 61.0 Å². The summed E-state index contributed by atoms with van der Waals surface area (Å²) in [6.07, 6.45) is 8.60. The maximum atomic E-state index is 5.58. The Balaban J connectivity index is 1.17. The molecule has 0 N–H and O–H groups in total. The Morgan fingerprint density at radius 2 is 1.78 bits per heavy atom. The van der Waals surface area contributed by atoms with E-state index in [1.165, 1.54) is 18.5 Å². The van der Waals surface area contributed by atoms with Crippen LogP contribution in [0.5, 0.6) is 0 Å². The predicted octanol–water partition coefficient (Wildman–Crippen LogP) is 5.31. The zero-order chi connectivity index (χ0) is 25.1. The minimum Gasteiger partial charge on any atom is -0.379 e. The molecule has 4 aromatic heterocycles. The molecule has 2 aliphatic carbocycles. The van der Waals surface area contributed by atoms with Crippen LogP contribution in [-0.2, 0) is 4.74 Å². The van der Waals surface area contributed by atoms with Crippen molar-refractivity contribution in [3.63, 3.8) is 0 Å². The summed E-state index contributed by atoms with van der Waals surface area (Å²) in [4.78, 5) is 12.1. The smallest absolute Gasteiger partial charge is 0.0942 e. The van der Waals surface area contributed by atoms with E-state index < -0.39 is 0 Å². The van der Waals surface area contributed by atoms with Crippen LogP contribution >= 0.6 is 0 Å². The Bertz CT molecular complexity index is 1390. The van der Waals surface area contributed by atoms with Crippen LogP contribution in [0.25, 0.3) is 22.3 Å². The van der Waals surface area contributed by atoms with Crippen molar-refractivity contribution < 1.29 is 4.74 Å². The van der Waals surface area contributed by atoms with Gasteiger partial charge in [-0.25, -0.2) is 0 Å². The van der Waals surface area contributed by atoms with Crippen LogP contribution in [0, 0.1) is 11.8 Å². The van der Waals surface area contributed by atoms with E-state index in [1.54, 1.807) is 0 Å². The second kappa shape index (κ2) is 9.07. The van der Waals surface area contributed by atoms with Crippen molar-refractivity contribution in [2.45, 2.75) is 57.7 Å². The van der Waals surface area contributed by atoms with E-state index >= 15 is 0 Å². The fourth-order valence-corrected chi connectivity index (χ4v) is 6.98. The summed E-state index contributed by atoms with van der Waals surface area (Å²) < 4.78 is 10.1. The molecule has 4 aromatic rings. The van der Waals surface area contributed by atoms with E-state index in [9.17, 15) is 0 Å². The van der Waals surface area contributed by atoms with Crippen molar-refractivity contribution in [1.29, 1.82) is 0 Å². The predicted molar refractivity (Wildman–Crippen MR) is 145 cm³/mol. The summed E-state index contributed by atoms with van der Waals surface area (Å²) >= 11 is 0. The number of hydrogen-bond donors (Lipinski definition) is 0. The monoisotopic (exact) mass is 496 g/mol.